The number of rotatable bonds is 6. The summed E-state index contributed by atoms with van der Waals surface area (Å²) in [7, 11) is -2.15. The molecular formula is C21H27N3O3S. The monoisotopic (exact) mass is 401 g/mol. The van der Waals surface area contributed by atoms with Crippen molar-refractivity contribution in [3.8, 4) is 0 Å². The highest BCUT2D eigenvalue weighted by atomic mass is 32.2. The lowest BCUT2D eigenvalue weighted by molar-refractivity contribution is -0.130. The smallest absolute Gasteiger partial charge is 0.264 e. The van der Waals surface area contributed by atoms with Gasteiger partial charge in [0.15, 0.2) is 0 Å². The van der Waals surface area contributed by atoms with Gasteiger partial charge in [-0.05, 0) is 49.1 Å². The molecule has 28 heavy (non-hydrogen) atoms. The van der Waals surface area contributed by atoms with Gasteiger partial charge < -0.3 is 10.2 Å². The zero-order valence-corrected chi connectivity index (χ0v) is 17.2. The average Bonchev–Trinajstić information content (AvgIpc) is 2.72. The largest absolute Gasteiger partial charge is 0.376 e. The van der Waals surface area contributed by atoms with Crippen LogP contribution in [0.25, 0.3) is 0 Å². The molecule has 1 fully saturated rings. The number of likely N-dealkylation sites (tertiary alicyclic amines) is 1. The van der Waals surface area contributed by atoms with Gasteiger partial charge >= 0.3 is 0 Å². The summed E-state index contributed by atoms with van der Waals surface area (Å²) in [6.07, 6.45) is 2.19. The molecule has 1 heterocycles. The second-order valence-electron chi connectivity index (χ2n) is 7.28. The number of hydrogen-bond acceptors (Lipinski definition) is 4. The number of amides is 1. The molecule has 1 N–H and O–H groups in total. The molecule has 1 aliphatic heterocycles. The number of benzene rings is 2. The molecular weight excluding hydrogens is 374 g/mol. The quantitative estimate of drug-likeness (QED) is 0.807. The third kappa shape index (κ3) is 4.65. The van der Waals surface area contributed by atoms with Crippen molar-refractivity contribution in [3.63, 3.8) is 0 Å². The van der Waals surface area contributed by atoms with Crippen LogP contribution in [0.1, 0.15) is 19.8 Å². The van der Waals surface area contributed by atoms with E-state index >= 15 is 0 Å². The van der Waals surface area contributed by atoms with E-state index in [-0.39, 0.29) is 17.3 Å². The molecule has 7 heteroatoms. The van der Waals surface area contributed by atoms with Gasteiger partial charge in [-0.1, -0.05) is 31.2 Å². The molecule has 3 rings (SSSR count). The maximum atomic E-state index is 12.9. The number of nitrogens with zero attached hydrogens (tertiary/aromatic N) is 2. The third-order valence-corrected chi connectivity index (χ3v) is 6.85. The standard InChI is InChI=1S/C21H27N3O3S/c1-17-8-7-13-24(16-17)21(25)15-22-18-9-6-12-20(14-18)28(26,27)23(2)19-10-4-3-5-11-19/h3-6,9-12,14,17,22H,7-8,13,15-16H2,1-2H3. The van der Waals surface area contributed by atoms with Gasteiger partial charge in [0.25, 0.3) is 10.0 Å². The van der Waals surface area contributed by atoms with Crippen LogP contribution in [-0.2, 0) is 14.8 Å². The lowest BCUT2D eigenvalue weighted by atomic mass is 10.0. The summed E-state index contributed by atoms with van der Waals surface area (Å²) in [6, 6.07) is 15.5. The van der Waals surface area contributed by atoms with Gasteiger partial charge in [-0.25, -0.2) is 8.42 Å². The summed E-state index contributed by atoms with van der Waals surface area (Å²) in [5, 5.41) is 3.07. The molecule has 0 bridgehead atoms. The number of carbonyl (C=O) groups excluding carboxylic acids is 1. The highest BCUT2D eigenvalue weighted by molar-refractivity contribution is 7.92. The first-order valence-corrected chi connectivity index (χ1v) is 11.0. The number of sulfonamides is 1. The zero-order chi connectivity index (χ0) is 20.1. The lowest BCUT2D eigenvalue weighted by Crippen LogP contribution is -2.41. The SMILES string of the molecule is CC1CCCN(C(=O)CNc2cccc(S(=O)(=O)N(C)c3ccccc3)c2)C1. The molecule has 1 atom stereocenters. The Morgan fingerprint density at radius 3 is 2.64 bits per heavy atom. The molecule has 6 nitrogen and oxygen atoms in total. The first kappa shape index (κ1) is 20.2. The summed E-state index contributed by atoms with van der Waals surface area (Å²) in [5.74, 6) is 0.570. The van der Waals surface area contributed by atoms with Gasteiger partial charge in [-0.3, -0.25) is 9.10 Å². The van der Waals surface area contributed by atoms with E-state index in [0.29, 0.717) is 17.3 Å². The van der Waals surface area contributed by atoms with Crippen molar-refractivity contribution in [2.24, 2.45) is 5.92 Å². The molecule has 1 saturated heterocycles. The molecule has 1 unspecified atom stereocenters. The predicted octanol–water partition coefficient (Wildman–Crippen LogP) is 3.18. The maximum absolute atomic E-state index is 12.9. The van der Waals surface area contributed by atoms with E-state index in [1.165, 1.54) is 11.4 Å². The van der Waals surface area contributed by atoms with Crippen molar-refractivity contribution < 1.29 is 13.2 Å². The number of piperidine rings is 1. The molecule has 1 amide bonds. The van der Waals surface area contributed by atoms with E-state index in [0.717, 1.165) is 25.9 Å². The topological polar surface area (TPSA) is 69.7 Å². The minimum atomic E-state index is -3.68. The minimum Gasteiger partial charge on any atom is -0.376 e. The predicted molar refractivity (Wildman–Crippen MR) is 112 cm³/mol. The van der Waals surface area contributed by atoms with Gasteiger partial charge in [0.05, 0.1) is 17.1 Å². The first-order valence-electron chi connectivity index (χ1n) is 9.53. The van der Waals surface area contributed by atoms with Gasteiger partial charge in [-0.15, -0.1) is 0 Å². The van der Waals surface area contributed by atoms with Crippen LogP contribution in [0.2, 0.25) is 0 Å². The van der Waals surface area contributed by atoms with Crippen LogP contribution in [0.5, 0.6) is 0 Å². The summed E-state index contributed by atoms with van der Waals surface area (Å²) in [6.45, 7) is 3.90. The Kier molecular flexibility index (Phi) is 6.24. The Morgan fingerprint density at radius 2 is 1.93 bits per heavy atom. The fraction of sp³-hybridized carbons (Fsp3) is 0.381. The molecule has 0 spiro atoms. The Labute approximate surface area is 167 Å². The summed E-state index contributed by atoms with van der Waals surface area (Å²) in [5.41, 5.74) is 1.20. The molecule has 150 valence electrons. The van der Waals surface area contributed by atoms with Gasteiger partial charge in [-0.2, -0.15) is 0 Å². The van der Waals surface area contributed by atoms with Gasteiger partial charge in [0.1, 0.15) is 0 Å². The van der Waals surface area contributed by atoms with Crippen molar-refractivity contribution in [1.82, 2.24) is 4.90 Å². The van der Waals surface area contributed by atoms with Crippen molar-refractivity contribution in [1.29, 1.82) is 0 Å². The summed E-state index contributed by atoms with van der Waals surface area (Å²) in [4.78, 5) is 14.5. The third-order valence-electron chi connectivity index (χ3n) is 5.07. The fourth-order valence-electron chi connectivity index (χ4n) is 3.41. The van der Waals surface area contributed by atoms with Gasteiger partial charge in [0.2, 0.25) is 5.91 Å². The number of nitrogens with one attached hydrogen (secondary N) is 1. The normalized spacial score (nSPS) is 17.2. The second kappa shape index (κ2) is 8.65. The van der Waals surface area contributed by atoms with Gasteiger partial charge in [0, 0.05) is 25.8 Å². The number of para-hydroxylation sites is 1. The number of anilines is 2. The average molecular weight is 402 g/mol. The van der Waals surface area contributed by atoms with Crippen LogP contribution in [0.3, 0.4) is 0 Å². The molecule has 2 aromatic carbocycles. The van der Waals surface area contributed by atoms with Crippen LogP contribution >= 0.6 is 0 Å². The van der Waals surface area contributed by atoms with E-state index in [2.05, 4.69) is 12.2 Å². The van der Waals surface area contributed by atoms with Crippen LogP contribution in [0, 0.1) is 5.92 Å². The van der Waals surface area contributed by atoms with E-state index in [1.54, 1.807) is 48.5 Å². The van der Waals surface area contributed by atoms with E-state index in [9.17, 15) is 13.2 Å². The van der Waals surface area contributed by atoms with Crippen LogP contribution in [-0.4, -0.2) is 45.9 Å². The van der Waals surface area contributed by atoms with E-state index in [1.807, 2.05) is 11.0 Å². The Bertz CT molecular complexity index is 916. The van der Waals surface area contributed by atoms with Crippen molar-refractivity contribution in [2.45, 2.75) is 24.7 Å². The number of carbonyl (C=O) groups is 1. The van der Waals surface area contributed by atoms with Crippen LogP contribution in [0.4, 0.5) is 11.4 Å². The Hall–Kier alpha value is -2.54. The molecule has 0 saturated carbocycles. The highest BCUT2D eigenvalue weighted by Crippen LogP contribution is 2.23. The van der Waals surface area contributed by atoms with Crippen LogP contribution in [0.15, 0.2) is 59.5 Å². The van der Waals surface area contributed by atoms with Crippen molar-refractivity contribution in [2.75, 3.05) is 36.3 Å². The zero-order valence-electron chi connectivity index (χ0n) is 16.3. The lowest BCUT2D eigenvalue weighted by Gasteiger charge is -2.31. The second-order valence-corrected chi connectivity index (χ2v) is 9.25. The summed E-state index contributed by atoms with van der Waals surface area (Å²) < 4.78 is 27.1. The summed E-state index contributed by atoms with van der Waals surface area (Å²) >= 11 is 0. The molecule has 0 aromatic heterocycles. The minimum absolute atomic E-state index is 0.0428. The highest BCUT2D eigenvalue weighted by Gasteiger charge is 2.22. The van der Waals surface area contributed by atoms with E-state index in [4.69, 9.17) is 0 Å². The Morgan fingerprint density at radius 1 is 1.18 bits per heavy atom. The Balaban J connectivity index is 1.69. The molecule has 0 radical (unpaired) electrons. The maximum Gasteiger partial charge on any atom is 0.264 e. The first-order chi connectivity index (χ1) is 13.4. The molecule has 1 aliphatic rings. The fourth-order valence-corrected chi connectivity index (χ4v) is 4.65. The molecule has 0 aliphatic carbocycles. The van der Waals surface area contributed by atoms with E-state index < -0.39 is 10.0 Å². The molecule has 2 aromatic rings. The van der Waals surface area contributed by atoms with Crippen molar-refractivity contribution >= 4 is 27.3 Å². The number of hydrogen-bond donors (Lipinski definition) is 1. The van der Waals surface area contributed by atoms with Crippen LogP contribution < -0.4 is 9.62 Å². The van der Waals surface area contributed by atoms with Crippen molar-refractivity contribution in [3.05, 3.63) is 54.6 Å².